The zero-order valence-corrected chi connectivity index (χ0v) is 6.43. The molecule has 0 saturated heterocycles. The molecule has 0 aliphatic carbocycles. The summed E-state index contributed by atoms with van der Waals surface area (Å²) in [4.78, 5) is 0. The third kappa shape index (κ3) is 3.32. The van der Waals surface area contributed by atoms with Crippen LogP contribution in [0.3, 0.4) is 0 Å². The Balaban J connectivity index is 3.54. The predicted octanol–water partition coefficient (Wildman–Crippen LogP) is 1.73. The molecule has 0 amide bonds. The third-order valence-electron chi connectivity index (χ3n) is 1.40. The van der Waals surface area contributed by atoms with Crippen molar-refractivity contribution in [2.24, 2.45) is 0 Å². The lowest BCUT2D eigenvalue weighted by molar-refractivity contribution is 0.263. The standard InChI is InChI=1S/C9H14O/c1-4-6-7-8(3)9(10)5-2/h2,9-10H,3-4,6-7H2,1H3. The number of terminal acetylenes is 1. The fraction of sp³-hybridized carbons (Fsp3) is 0.556. The second kappa shape index (κ2) is 5.08. The lowest BCUT2D eigenvalue weighted by Crippen LogP contribution is -2.05. The van der Waals surface area contributed by atoms with Gasteiger partial charge in [0.25, 0.3) is 0 Å². The quantitative estimate of drug-likeness (QED) is 0.463. The van der Waals surface area contributed by atoms with Crippen molar-refractivity contribution >= 4 is 0 Å². The van der Waals surface area contributed by atoms with E-state index in [-0.39, 0.29) is 0 Å². The molecule has 0 fully saturated rings. The number of aliphatic hydroxyl groups excluding tert-OH is 1. The molecule has 1 N–H and O–H groups in total. The summed E-state index contributed by atoms with van der Waals surface area (Å²) in [6.45, 7) is 5.76. The summed E-state index contributed by atoms with van der Waals surface area (Å²) in [5.74, 6) is 2.23. The average Bonchev–Trinajstić information content (AvgIpc) is 1.98. The average molecular weight is 138 g/mol. The van der Waals surface area contributed by atoms with Crippen molar-refractivity contribution < 1.29 is 5.11 Å². The van der Waals surface area contributed by atoms with Crippen LogP contribution in [0.15, 0.2) is 12.2 Å². The summed E-state index contributed by atoms with van der Waals surface area (Å²) < 4.78 is 0. The van der Waals surface area contributed by atoms with Gasteiger partial charge in [-0.05, 0) is 18.4 Å². The van der Waals surface area contributed by atoms with Crippen LogP contribution in [-0.4, -0.2) is 11.2 Å². The van der Waals surface area contributed by atoms with Gasteiger partial charge in [-0.3, -0.25) is 0 Å². The smallest absolute Gasteiger partial charge is 0.135 e. The highest BCUT2D eigenvalue weighted by Crippen LogP contribution is 2.08. The molecule has 1 heteroatoms. The van der Waals surface area contributed by atoms with Crippen molar-refractivity contribution in [2.45, 2.75) is 32.3 Å². The number of hydrogen-bond acceptors (Lipinski definition) is 1. The van der Waals surface area contributed by atoms with Gasteiger partial charge in [0, 0.05) is 0 Å². The summed E-state index contributed by atoms with van der Waals surface area (Å²) in [6.07, 6.45) is 7.24. The van der Waals surface area contributed by atoms with Gasteiger partial charge in [0.15, 0.2) is 0 Å². The fourth-order valence-electron chi connectivity index (χ4n) is 0.658. The molecule has 0 saturated carbocycles. The van der Waals surface area contributed by atoms with Crippen LogP contribution in [0.5, 0.6) is 0 Å². The minimum Gasteiger partial charge on any atom is -0.376 e. The van der Waals surface area contributed by atoms with Crippen molar-refractivity contribution in [3.63, 3.8) is 0 Å². The summed E-state index contributed by atoms with van der Waals surface area (Å²) in [5, 5.41) is 9.02. The molecule has 0 aliphatic rings. The van der Waals surface area contributed by atoms with E-state index in [0.29, 0.717) is 0 Å². The van der Waals surface area contributed by atoms with Gasteiger partial charge in [-0.1, -0.05) is 25.8 Å². The maximum atomic E-state index is 9.02. The first-order valence-corrected chi connectivity index (χ1v) is 3.54. The van der Waals surface area contributed by atoms with Gasteiger partial charge in [-0.25, -0.2) is 0 Å². The van der Waals surface area contributed by atoms with Crippen molar-refractivity contribution in [1.29, 1.82) is 0 Å². The van der Waals surface area contributed by atoms with Crippen LogP contribution in [-0.2, 0) is 0 Å². The summed E-state index contributed by atoms with van der Waals surface area (Å²) in [7, 11) is 0. The molecule has 1 atom stereocenters. The van der Waals surface area contributed by atoms with Gasteiger partial charge in [0.1, 0.15) is 6.10 Å². The van der Waals surface area contributed by atoms with E-state index in [4.69, 9.17) is 11.5 Å². The van der Waals surface area contributed by atoms with Gasteiger partial charge in [0.2, 0.25) is 0 Å². The molecule has 0 aromatic carbocycles. The molecule has 0 aromatic rings. The summed E-state index contributed by atoms with van der Waals surface area (Å²) in [5.41, 5.74) is 0.754. The molecule has 0 aromatic heterocycles. The summed E-state index contributed by atoms with van der Waals surface area (Å²) >= 11 is 0. The number of rotatable bonds is 4. The van der Waals surface area contributed by atoms with E-state index in [2.05, 4.69) is 19.4 Å². The lowest BCUT2D eigenvalue weighted by atomic mass is 10.1. The second-order valence-electron chi connectivity index (χ2n) is 2.33. The number of hydrogen-bond donors (Lipinski definition) is 1. The van der Waals surface area contributed by atoms with E-state index in [0.717, 1.165) is 24.8 Å². The number of unbranched alkanes of at least 4 members (excludes halogenated alkanes) is 1. The van der Waals surface area contributed by atoms with E-state index in [1.54, 1.807) is 0 Å². The van der Waals surface area contributed by atoms with Gasteiger partial charge in [-0.2, -0.15) is 0 Å². The zero-order chi connectivity index (χ0) is 7.98. The Morgan fingerprint density at radius 2 is 2.40 bits per heavy atom. The van der Waals surface area contributed by atoms with E-state index < -0.39 is 6.10 Å². The topological polar surface area (TPSA) is 20.2 Å². The van der Waals surface area contributed by atoms with Crippen molar-refractivity contribution in [1.82, 2.24) is 0 Å². The molecular formula is C9H14O. The van der Waals surface area contributed by atoms with Crippen LogP contribution >= 0.6 is 0 Å². The SMILES string of the molecule is C#CC(O)C(=C)CCCC. The van der Waals surface area contributed by atoms with Crippen molar-refractivity contribution in [2.75, 3.05) is 0 Å². The summed E-state index contributed by atoms with van der Waals surface area (Å²) in [6, 6.07) is 0. The highest BCUT2D eigenvalue weighted by atomic mass is 16.3. The molecule has 1 nitrogen and oxygen atoms in total. The monoisotopic (exact) mass is 138 g/mol. The van der Waals surface area contributed by atoms with E-state index in [9.17, 15) is 0 Å². The minimum absolute atomic E-state index is 0.744. The Morgan fingerprint density at radius 3 is 2.80 bits per heavy atom. The van der Waals surface area contributed by atoms with Gasteiger partial charge in [-0.15, -0.1) is 6.42 Å². The van der Waals surface area contributed by atoms with Crippen LogP contribution in [0.25, 0.3) is 0 Å². The van der Waals surface area contributed by atoms with Crippen molar-refractivity contribution in [3.8, 4) is 12.3 Å². The maximum absolute atomic E-state index is 9.02. The predicted molar refractivity (Wildman–Crippen MR) is 43.5 cm³/mol. The molecule has 10 heavy (non-hydrogen) atoms. The Bertz CT molecular complexity index is 141. The zero-order valence-electron chi connectivity index (χ0n) is 6.43. The fourth-order valence-corrected chi connectivity index (χ4v) is 0.658. The Labute approximate surface area is 62.8 Å². The molecule has 0 rings (SSSR count). The van der Waals surface area contributed by atoms with Gasteiger partial charge in [0.05, 0.1) is 0 Å². The van der Waals surface area contributed by atoms with Crippen molar-refractivity contribution in [3.05, 3.63) is 12.2 Å². The van der Waals surface area contributed by atoms with E-state index in [1.165, 1.54) is 0 Å². The Morgan fingerprint density at radius 1 is 1.80 bits per heavy atom. The lowest BCUT2D eigenvalue weighted by Gasteiger charge is -2.05. The first kappa shape index (κ1) is 9.26. The van der Waals surface area contributed by atoms with E-state index in [1.807, 2.05) is 0 Å². The van der Waals surface area contributed by atoms with E-state index >= 15 is 0 Å². The molecule has 0 aliphatic heterocycles. The Hall–Kier alpha value is -0.740. The highest BCUT2D eigenvalue weighted by molar-refractivity contribution is 5.14. The second-order valence-corrected chi connectivity index (χ2v) is 2.33. The van der Waals surface area contributed by atoms with Crippen LogP contribution in [0.2, 0.25) is 0 Å². The molecule has 1 unspecified atom stereocenters. The van der Waals surface area contributed by atoms with Gasteiger partial charge >= 0.3 is 0 Å². The normalized spacial score (nSPS) is 12.1. The molecule has 0 bridgehead atoms. The molecule has 0 radical (unpaired) electrons. The van der Waals surface area contributed by atoms with Crippen LogP contribution in [0, 0.1) is 12.3 Å². The highest BCUT2D eigenvalue weighted by Gasteiger charge is 2.02. The molecular weight excluding hydrogens is 124 g/mol. The first-order valence-electron chi connectivity index (χ1n) is 3.54. The van der Waals surface area contributed by atoms with Crippen LogP contribution < -0.4 is 0 Å². The Kier molecular flexibility index (Phi) is 4.70. The maximum Gasteiger partial charge on any atom is 0.135 e. The largest absolute Gasteiger partial charge is 0.376 e. The third-order valence-corrected chi connectivity index (χ3v) is 1.40. The number of aliphatic hydroxyl groups is 1. The molecule has 56 valence electrons. The minimum atomic E-state index is -0.744. The van der Waals surface area contributed by atoms with Gasteiger partial charge < -0.3 is 5.11 Å². The first-order chi connectivity index (χ1) is 4.72. The molecule has 0 heterocycles. The van der Waals surface area contributed by atoms with Crippen LogP contribution in [0.1, 0.15) is 26.2 Å². The van der Waals surface area contributed by atoms with Crippen LogP contribution in [0.4, 0.5) is 0 Å². The molecule has 0 spiro atoms.